The molecule has 0 spiro atoms. The highest BCUT2D eigenvalue weighted by Gasteiger charge is 2.41. The molecule has 0 aliphatic carbocycles. The van der Waals surface area contributed by atoms with Crippen molar-refractivity contribution in [1.29, 1.82) is 0 Å². The van der Waals surface area contributed by atoms with E-state index in [1.807, 2.05) is 6.20 Å². The molecule has 2 saturated heterocycles. The van der Waals surface area contributed by atoms with Crippen LogP contribution in [0.1, 0.15) is 26.7 Å². The van der Waals surface area contributed by atoms with E-state index in [1.54, 1.807) is 11.3 Å². The van der Waals surface area contributed by atoms with Crippen molar-refractivity contribution >= 4 is 16.5 Å². The maximum Gasteiger partial charge on any atom is 0.185 e. The molecule has 2 aliphatic rings. The maximum absolute atomic E-state index is 4.43. The highest BCUT2D eigenvalue weighted by molar-refractivity contribution is 7.13. The molecule has 3 nitrogen and oxygen atoms in total. The van der Waals surface area contributed by atoms with Crippen LogP contribution in [0.15, 0.2) is 11.6 Å². The number of hydrogen-bond donors (Lipinski definition) is 0. The van der Waals surface area contributed by atoms with Gasteiger partial charge in [-0.3, -0.25) is 4.90 Å². The highest BCUT2D eigenvalue weighted by atomic mass is 32.1. The molecular formula is C12H19N3S. The van der Waals surface area contributed by atoms with Gasteiger partial charge in [0, 0.05) is 42.8 Å². The van der Waals surface area contributed by atoms with E-state index in [-0.39, 0.29) is 0 Å². The summed E-state index contributed by atoms with van der Waals surface area (Å²) in [6.45, 7) is 6.99. The molecule has 2 fully saturated rings. The third-order valence-electron chi connectivity index (χ3n) is 3.82. The summed E-state index contributed by atoms with van der Waals surface area (Å²) in [4.78, 5) is 9.62. The number of hydrogen-bond acceptors (Lipinski definition) is 4. The summed E-state index contributed by atoms with van der Waals surface area (Å²) in [5.41, 5.74) is 0. The van der Waals surface area contributed by atoms with Crippen molar-refractivity contribution in [1.82, 2.24) is 9.88 Å². The van der Waals surface area contributed by atoms with Gasteiger partial charge in [0.2, 0.25) is 0 Å². The minimum atomic E-state index is 0.691. The second-order valence-electron chi connectivity index (χ2n) is 5.15. The van der Waals surface area contributed by atoms with Crippen LogP contribution in [0, 0.1) is 0 Å². The van der Waals surface area contributed by atoms with Crippen LogP contribution in [-0.2, 0) is 0 Å². The summed E-state index contributed by atoms with van der Waals surface area (Å²) < 4.78 is 0. The van der Waals surface area contributed by atoms with Gasteiger partial charge in [0.25, 0.3) is 0 Å². The molecule has 2 bridgehead atoms. The second kappa shape index (κ2) is 4.00. The predicted octanol–water partition coefficient (Wildman–Crippen LogP) is 2.20. The first-order chi connectivity index (χ1) is 7.75. The van der Waals surface area contributed by atoms with Gasteiger partial charge in [0.05, 0.1) is 0 Å². The molecule has 0 aromatic carbocycles. The topological polar surface area (TPSA) is 19.4 Å². The van der Waals surface area contributed by atoms with Gasteiger partial charge in [-0.05, 0) is 26.7 Å². The lowest BCUT2D eigenvalue weighted by molar-refractivity contribution is 0.129. The Morgan fingerprint density at radius 3 is 2.50 bits per heavy atom. The van der Waals surface area contributed by atoms with Crippen LogP contribution in [-0.4, -0.2) is 41.1 Å². The molecular weight excluding hydrogens is 218 g/mol. The average Bonchev–Trinajstić information content (AvgIpc) is 2.85. The number of aromatic nitrogens is 1. The van der Waals surface area contributed by atoms with Gasteiger partial charge < -0.3 is 4.90 Å². The zero-order chi connectivity index (χ0) is 11.1. The molecule has 1 aromatic heterocycles. The van der Waals surface area contributed by atoms with Gasteiger partial charge in [-0.1, -0.05) is 0 Å². The second-order valence-corrected chi connectivity index (χ2v) is 6.02. The number of thiazole rings is 1. The third kappa shape index (κ3) is 1.64. The van der Waals surface area contributed by atoms with Crippen molar-refractivity contribution in [3.05, 3.63) is 11.6 Å². The fourth-order valence-electron chi connectivity index (χ4n) is 3.31. The Balaban J connectivity index is 1.77. The van der Waals surface area contributed by atoms with Crippen LogP contribution >= 0.6 is 11.3 Å². The summed E-state index contributed by atoms with van der Waals surface area (Å²) in [5, 5.41) is 3.28. The van der Waals surface area contributed by atoms with Crippen LogP contribution in [0.25, 0.3) is 0 Å². The SMILES string of the molecule is CC(C)N1C2CCC1CN(c1nccs1)C2. The Bertz CT molecular complexity index is 335. The largest absolute Gasteiger partial charge is 0.345 e. The van der Waals surface area contributed by atoms with Crippen LogP contribution in [0.2, 0.25) is 0 Å². The summed E-state index contributed by atoms with van der Waals surface area (Å²) in [7, 11) is 0. The molecule has 88 valence electrons. The number of piperazine rings is 1. The van der Waals surface area contributed by atoms with E-state index in [9.17, 15) is 0 Å². The van der Waals surface area contributed by atoms with Gasteiger partial charge in [-0.25, -0.2) is 4.98 Å². The van der Waals surface area contributed by atoms with E-state index in [0.29, 0.717) is 6.04 Å². The Hall–Kier alpha value is -0.610. The van der Waals surface area contributed by atoms with Crippen molar-refractivity contribution in [2.45, 2.75) is 44.8 Å². The molecule has 0 radical (unpaired) electrons. The van der Waals surface area contributed by atoms with Crippen LogP contribution < -0.4 is 4.90 Å². The Morgan fingerprint density at radius 1 is 1.31 bits per heavy atom. The molecule has 2 atom stereocenters. The first kappa shape index (κ1) is 10.5. The predicted molar refractivity (Wildman–Crippen MR) is 68.1 cm³/mol. The molecule has 2 aliphatic heterocycles. The first-order valence-electron chi connectivity index (χ1n) is 6.17. The third-order valence-corrected chi connectivity index (χ3v) is 4.66. The molecule has 0 saturated carbocycles. The van der Waals surface area contributed by atoms with Gasteiger partial charge in [-0.15, -0.1) is 11.3 Å². The van der Waals surface area contributed by atoms with E-state index in [0.717, 1.165) is 12.1 Å². The Labute approximate surface area is 101 Å². The number of nitrogens with zero attached hydrogens (tertiary/aromatic N) is 3. The summed E-state index contributed by atoms with van der Waals surface area (Å²) >= 11 is 1.77. The van der Waals surface area contributed by atoms with Crippen LogP contribution in [0.3, 0.4) is 0 Å². The van der Waals surface area contributed by atoms with Gasteiger partial charge in [-0.2, -0.15) is 0 Å². The molecule has 0 N–H and O–H groups in total. The van der Waals surface area contributed by atoms with E-state index >= 15 is 0 Å². The van der Waals surface area contributed by atoms with Crippen molar-refractivity contribution in [2.75, 3.05) is 18.0 Å². The lowest BCUT2D eigenvalue weighted by Crippen LogP contribution is -2.56. The lowest BCUT2D eigenvalue weighted by atomic mass is 10.1. The molecule has 0 amide bonds. The van der Waals surface area contributed by atoms with E-state index in [4.69, 9.17) is 0 Å². The Kier molecular flexibility index (Phi) is 2.64. The van der Waals surface area contributed by atoms with Crippen molar-refractivity contribution in [3.63, 3.8) is 0 Å². The normalized spacial score (nSPS) is 30.3. The van der Waals surface area contributed by atoms with Crippen LogP contribution in [0.5, 0.6) is 0 Å². The quantitative estimate of drug-likeness (QED) is 0.786. The maximum atomic E-state index is 4.43. The van der Waals surface area contributed by atoms with E-state index < -0.39 is 0 Å². The van der Waals surface area contributed by atoms with E-state index in [2.05, 4.69) is 34.0 Å². The van der Waals surface area contributed by atoms with Crippen molar-refractivity contribution in [2.24, 2.45) is 0 Å². The zero-order valence-electron chi connectivity index (χ0n) is 9.97. The lowest BCUT2D eigenvalue weighted by Gasteiger charge is -2.43. The molecule has 1 aromatic rings. The standard InChI is InChI=1S/C12H19N3S/c1-9(2)15-10-3-4-11(15)8-14(7-10)12-13-5-6-16-12/h5-6,9-11H,3-4,7-8H2,1-2H3. The average molecular weight is 237 g/mol. The van der Waals surface area contributed by atoms with E-state index in [1.165, 1.54) is 31.1 Å². The monoisotopic (exact) mass is 237 g/mol. The highest BCUT2D eigenvalue weighted by Crippen LogP contribution is 2.34. The van der Waals surface area contributed by atoms with Gasteiger partial charge in [0.1, 0.15) is 0 Å². The fourth-order valence-corrected chi connectivity index (χ4v) is 3.97. The summed E-state index contributed by atoms with van der Waals surface area (Å²) in [5.74, 6) is 0. The number of rotatable bonds is 2. The number of anilines is 1. The summed E-state index contributed by atoms with van der Waals surface area (Å²) in [6, 6.07) is 2.20. The smallest absolute Gasteiger partial charge is 0.185 e. The minimum Gasteiger partial charge on any atom is -0.345 e. The van der Waals surface area contributed by atoms with Gasteiger partial charge in [0.15, 0.2) is 5.13 Å². The zero-order valence-corrected chi connectivity index (χ0v) is 10.8. The molecule has 2 unspecified atom stereocenters. The van der Waals surface area contributed by atoms with Crippen LogP contribution in [0.4, 0.5) is 5.13 Å². The van der Waals surface area contributed by atoms with Gasteiger partial charge >= 0.3 is 0 Å². The molecule has 16 heavy (non-hydrogen) atoms. The first-order valence-corrected chi connectivity index (χ1v) is 7.05. The molecule has 3 rings (SSSR count). The molecule has 4 heteroatoms. The fraction of sp³-hybridized carbons (Fsp3) is 0.750. The number of fused-ring (bicyclic) bond motifs is 2. The Morgan fingerprint density at radius 2 is 2.00 bits per heavy atom. The minimum absolute atomic E-state index is 0.691. The molecule has 3 heterocycles. The summed E-state index contributed by atoms with van der Waals surface area (Å²) in [6.07, 6.45) is 4.65. The van der Waals surface area contributed by atoms with Crippen molar-refractivity contribution < 1.29 is 0 Å². The van der Waals surface area contributed by atoms with Crippen molar-refractivity contribution in [3.8, 4) is 0 Å².